The van der Waals surface area contributed by atoms with Crippen molar-refractivity contribution in [3.8, 4) is 0 Å². The molecule has 90 valence electrons. The predicted octanol–water partition coefficient (Wildman–Crippen LogP) is 3.11. The molecule has 1 aliphatic carbocycles. The van der Waals surface area contributed by atoms with Crippen LogP contribution >= 0.6 is 0 Å². The summed E-state index contributed by atoms with van der Waals surface area (Å²) in [4.78, 5) is 0. The first kappa shape index (κ1) is 13.0. The van der Waals surface area contributed by atoms with Gasteiger partial charge in [-0.1, -0.05) is 33.1 Å². The Morgan fingerprint density at radius 1 is 1.20 bits per heavy atom. The van der Waals surface area contributed by atoms with E-state index in [1.165, 1.54) is 44.9 Å². The molecule has 0 heterocycles. The maximum atomic E-state index is 5.90. The molecule has 1 fully saturated rings. The van der Waals surface area contributed by atoms with E-state index in [1.54, 1.807) is 0 Å². The Bertz CT molecular complexity index is 145. The zero-order chi connectivity index (χ0) is 10.9. The Kier molecular flexibility index (Phi) is 7.03. The standard InChI is InChI=1S/C13H27NO/c1-3-5-6-10-15-13(7-4-2)11-14-12-8-9-12/h12-14H,3-11H2,1-2H3. The van der Waals surface area contributed by atoms with E-state index < -0.39 is 0 Å². The van der Waals surface area contributed by atoms with E-state index in [-0.39, 0.29) is 0 Å². The Morgan fingerprint density at radius 3 is 2.60 bits per heavy atom. The highest BCUT2D eigenvalue weighted by Gasteiger charge is 2.21. The fraction of sp³-hybridized carbons (Fsp3) is 1.00. The average molecular weight is 213 g/mol. The topological polar surface area (TPSA) is 21.3 Å². The second kappa shape index (κ2) is 8.12. The third kappa shape index (κ3) is 6.91. The number of rotatable bonds is 10. The molecule has 1 saturated carbocycles. The number of hydrogen-bond donors (Lipinski definition) is 1. The van der Waals surface area contributed by atoms with E-state index in [0.29, 0.717) is 6.10 Å². The molecule has 15 heavy (non-hydrogen) atoms. The van der Waals surface area contributed by atoms with Crippen LogP contribution in [0.15, 0.2) is 0 Å². The molecule has 0 radical (unpaired) electrons. The summed E-state index contributed by atoms with van der Waals surface area (Å²) in [5, 5.41) is 3.56. The van der Waals surface area contributed by atoms with Gasteiger partial charge in [0.2, 0.25) is 0 Å². The van der Waals surface area contributed by atoms with Gasteiger partial charge in [-0.25, -0.2) is 0 Å². The van der Waals surface area contributed by atoms with Crippen molar-refractivity contribution in [3.63, 3.8) is 0 Å². The summed E-state index contributed by atoms with van der Waals surface area (Å²) < 4.78 is 5.90. The summed E-state index contributed by atoms with van der Waals surface area (Å²) in [5.74, 6) is 0. The van der Waals surface area contributed by atoms with E-state index in [2.05, 4.69) is 19.2 Å². The van der Waals surface area contributed by atoms with E-state index in [4.69, 9.17) is 4.74 Å². The highest BCUT2D eigenvalue weighted by atomic mass is 16.5. The second-order valence-electron chi connectivity index (χ2n) is 4.67. The Hall–Kier alpha value is -0.0800. The van der Waals surface area contributed by atoms with Gasteiger partial charge < -0.3 is 10.1 Å². The first-order valence-electron chi connectivity index (χ1n) is 6.71. The van der Waals surface area contributed by atoms with Gasteiger partial charge in [0.15, 0.2) is 0 Å². The second-order valence-corrected chi connectivity index (χ2v) is 4.67. The summed E-state index contributed by atoms with van der Waals surface area (Å²) in [7, 11) is 0. The molecule has 1 unspecified atom stereocenters. The van der Waals surface area contributed by atoms with Crippen LogP contribution in [0, 0.1) is 0 Å². The normalized spacial score (nSPS) is 18.0. The minimum atomic E-state index is 0.451. The first-order valence-corrected chi connectivity index (χ1v) is 6.71. The lowest BCUT2D eigenvalue weighted by atomic mass is 10.2. The minimum Gasteiger partial charge on any atom is -0.377 e. The Morgan fingerprint density at radius 2 is 2.00 bits per heavy atom. The van der Waals surface area contributed by atoms with Gasteiger partial charge in [-0.15, -0.1) is 0 Å². The molecule has 0 amide bonds. The van der Waals surface area contributed by atoms with Crippen LogP contribution in [0.2, 0.25) is 0 Å². The van der Waals surface area contributed by atoms with Gasteiger partial charge in [0.05, 0.1) is 6.10 Å². The molecule has 0 aromatic heterocycles. The van der Waals surface area contributed by atoms with Gasteiger partial charge in [0.25, 0.3) is 0 Å². The van der Waals surface area contributed by atoms with Crippen LogP contribution in [0.4, 0.5) is 0 Å². The lowest BCUT2D eigenvalue weighted by molar-refractivity contribution is 0.0444. The monoisotopic (exact) mass is 213 g/mol. The third-order valence-electron chi connectivity index (χ3n) is 2.92. The largest absolute Gasteiger partial charge is 0.377 e. The summed E-state index contributed by atoms with van der Waals surface area (Å²) in [6.07, 6.45) is 9.42. The fourth-order valence-corrected chi connectivity index (χ4v) is 1.75. The molecule has 0 aromatic carbocycles. The van der Waals surface area contributed by atoms with E-state index >= 15 is 0 Å². The lowest BCUT2D eigenvalue weighted by Gasteiger charge is -2.17. The molecule has 1 atom stereocenters. The first-order chi connectivity index (χ1) is 7.36. The molecule has 0 bridgehead atoms. The van der Waals surface area contributed by atoms with Crippen LogP contribution in [0.25, 0.3) is 0 Å². The maximum absolute atomic E-state index is 5.90. The third-order valence-corrected chi connectivity index (χ3v) is 2.92. The predicted molar refractivity (Wildman–Crippen MR) is 65.2 cm³/mol. The van der Waals surface area contributed by atoms with Gasteiger partial charge in [-0.2, -0.15) is 0 Å². The SMILES string of the molecule is CCCCCOC(CCC)CNC1CC1. The van der Waals surface area contributed by atoms with Gasteiger partial charge in [-0.05, 0) is 25.7 Å². The van der Waals surface area contributed by atoms with Crippen molar-refractivity contribution in [3.05, 3.63) is 0 Å². The fourth-order valence-electron chi connectivity index (χ4n) is 1.75. The highest BCUT2D eigenvalue weighted by Crippen LogP contribution is 2.18. The molecule has 0 saturated heterocycles. The van der Waals surface area contributed by atoms with Crippen LogP contribution in [0.1, 0.15) is 58.8 Å². The van der Waals surface area contributed by atoms with Gasteiger partial charge in [0.1, 0.15) is 0 Å². The highest BCUT2D eigenvalue weighted by molar-refractivity contribution is 4.82. The molecule has 2 nitrogen and oxygen atoms in total. The summed E-state index contributed by atoms with van der Waals surface area (Å²) in [5.41, 5.74) is 0. The zero-order valence-corrected chi connectivity index (χ0v) is 10.4. The smallest absolute Gasteiger partial charge is 0.0699 e. The Balaban J connectivity index is 1.99. The van der Waals surface area contributed by atoms with Crippen LogP contribution in [0.3, 0.4) is 0 Å². The molecule has 0 aromatic rings. The van der Waals surface area contributed by atoms with Crippen molar-refractivity contribution in [2.24, 2.45) is 0 Å². The quantitative estimate of drug-likeness (QED) is 0.563. The molecule has 0 aliphatic heterocycles. The number of unbranched alkanes of at least 4 members (excludes halogenated alkanes) is 2. The minimum absolute atomic E-state index is 0.451. The number of hydrogen-bond acceptors (Lipinski definition) is 2. The lowest BCUT2D eigenvalue weighted by Crippen LogP contribution is -2.30. The average Bonchev–Trinajstić information content (AvgIpc) is 3.04. The maximum Gasteiger partial charge on any atom is 0.0699 e. The van der Waals surface area contributed by atoms with Crippen molar-refractivity contribution in [1.82, 2.24) is 5.32 Å². The molecule has 1 aliphatic rings. The molecule has 2 heteroatoms. The van der Waals surface area contributed by atoms with E-state index in [0.717, 1.165) is 19.2 Å². The van der Waals surface area contributed by atoms with Crippen molar-refractivity contribution in [2.75, 3.05) is 13.2 Å². The van der Waals surface area contributed by atoms with Gasteiger partial charge >= 0.3 is 0 Å². The van der Waals surface area contributed by atoms with Crippen LogP contribution in [-0.2, 0) is 4.74 Å². The van der Waals surface area contributed by atoms with Crippen molar-refractivity contribution < 1.29 is 4.74 Å². The van der Waals surface area contributed by atoms with Gasteiger partial charge in [0, 0.05) is 19.2 Å². The van der Waals surface area contributed by atoms with Crippen molar-refractivity contribution in [2.45, 2.75) is 70.9 Å². The number of ether oxygens (including phenoxy) is 1. The van der Waals surface area contributed by atoms with Crippen molar-refractivity contribution in [1.29, 1.82) is 0 Å². The summed E-state index contributed by atoms with van der Waals surface area (Å²) >= 11 is 0. The van der Waals surface area contributed by atoms with Crippen molar-refractivity contribution >= 4 is 0 Å². The zero-order valence-electron chi connectivity index (χ0n) is 10.4. The molecule has 0 spiro atoms. The molecule has 1 N–H and O–H groups in total. The molecular weight excluding hydrogens is 186 g/mol. The van der Waals surface area contributed by atoms with E-state index in [9.17, 15) is 0 Å². The Labute approximate surface area is 94.8 Å². The van der Waals surface area contributed by atoms with Crippen LogP contribution in [0.5, 0.6) is 0 Å². The summed E-state index contributed by atoms with van der Waals surface area (Å²) in [6, 6.07) is 0.809. The molecular formula is C13H27NO. The van der Waals surface area contributed by atoms with Crippen LogP contribution in [-0.4, -0.2) is 25.3 Å². The number of nitrogens with one attached hydrogen (secondary N) is 1. The van der Waals surface area contributed by atoms with Crippen LogP contribution < -0.4 is 5.32 Å². The van der Waals surface area contributed by atoms with Gasteiger partial charge in [-0.3, -0.25) is 0 Å². The van der Waals surface area contributed by atoms with E-state index in [1.807, 2.05) is 0 Å². The molecule has 1 rings (SSSR count). The summed E-state index contributed by atoms with van der Waals surface area (Å²) in [6.45, 7) is 6.48.